The molecule has 1 atom stereocenters. The Balaban J connectivity index is 1.45. The fourth-order valence-electron chi connectivity index (χ4n) is 4.24. The first-order valence-corrected chi connectivity index (χ1v) is 12.5. The second-order valence-electron chi connectivity index (χ2n) is 8.86. The molecule has 0 aromatic heterocycles. The van der Waals surface area contributed by atoms with Crippen LogP contribution in [0.25, 0.3) is 0 Å². The van der Waals surface area contributed by atoms with Crippen molar-refractivity contribution in [1.29, 1.82) is 0 Å². The van der Waals surface area contributed by atoms with Crippen LogP contribution in [-0.2, 0) is 21.4 Å². The zero-order chi connectivity index (χ0) is 22.9. The summed E-state index contributed by atoms with van der Waals surface area (Å²) < 4.78 is 27.3. The number of hydrogen-bond acceptors (Lipinski definition) is 5. The third-order valence-electron chi connectivity index (χ3n) is 5.99. The van der Waals surface area contributed by atoms with Gasteiger partial charge in [-0.15, -0.1) is 0 Å². The van der Waals surface area contributed by atoms with Crippen LogP contribution in [0.2, 0.25) is 0 Å². The van der Waals surface area contributed by atoms with Gasteiger partial charge in [-0.25, -0.2) is 8.42 Å². The normalized spacial score (nSPS) is 20.2. The number of aliphatic imine (C=N–C) groups is 1. The average Bonchev–Trinajstić information content (AvgIpc) is 3.02. The van der Waals surface area contributed by atoms with Gasteiger partial charge in [0.2, 0.25) is 5.91 Å². The number of carbonyl (C=O) groups is 1. The Kier molecular flexibility index (Phi) is 6.35. The minimum absolute atomic E-state index is 0.0497. The molecule has 4 rings (SSSR count). The molecule has 1 fully saturated rings. The number of amidine groups is 1. The molecule has 0 radical (unpaired) electrons. The first kappa shape index (κ1) is 22.5. The highest BCUT2D eigenvalue weighted by Gasteiger charge is 2.34. The van der Waals surface area contributed by atoms with Crippen molar-refractivity contribution in [3.8, 4) is 0 Å². The summed E-state index contributed by atoms with van der Waals surface area (Å²) in [5, 5.41) is 0. The van der Waals surface area contributed by atoms with Crippen molar-refractivity contribution in [2.75, 3.05) is 26.2 Å². The summed E-state index contributed by atoms with van der Waals surface area (Å²) in [6.07, 6.45) is 0. The van der Waals surface area contributed by atoms with Gasteiger partial charge in [-0.3, -0.25) is 19.4 Å². The molecule has 0 spiro atoms. The van der Waals surface area contributed by atoms with Crippen LogP contribution >= 0.6 is 0 Å². The molecule has 2 aromatic rings. The Hall–Kier alpha value is -2.71. The summed E-state index contributed by atoms with van der Waals surface area (Å²) in [5.74, 6) is 0.148. The van der Waals surface area contributed by atoms with Crippen LogP contribution in [0.1, 0.15) is 30.5 Å². The molecule has 0 unspecified atom stereocenters. The predicted octanol–water partition coefficient (Wildman–Crippen LogP) is 2.40. The Morgan fingerprint density at radius 1 is 1.06 bits per heavy atom. The molecule has 0 bridgehead atoms. The lowest BCUT2D eigenvalue weighted by Crippen LogP contribution is -2.51. The lowest BCUT2D eigenvalue weighted by molar-refractivity contribution is -0.135. The standard InChI is InChI=1S/C24H30N4O3S/c1-17(2)22(25-23-20-9-4-5-10-21(20)32(30,31)26-23)24(29)28-13-11-27(12-14-28)16-19-8-6-7-18(3)15-19/h4-10,15,17,22H,11-14,16H2,1-3H3,(H,25,26)/t22-/m0/s1. The van der Waals surface area contributed by atoms with Crippen LogP contribution < -0.4 is 4.72 Å². The van der Waals surface area contributed by atoms with Gasteiger partial charge < -0.3 is 4.90 Å². The molecule has 2 aromatic carbocycles. The van der Waals surface area contributed by atoms with E-state index in [1.165, 1.54) is 11.1 Å². The summed E-state index contributed by atoms with van der Waals surface area (Å²) in [4.78, 5) is 22.4. The highest BCUT2D eigenvalue weighted by molar-refractivity contribution is 7.90. The van der Waals surface area contributed by atoms with E-state index in [1.54, 1.807) is 24.3 Å². The molecule has 7 nitrogen and oxygen atoms in total. The number of hydrogen-bond donors (Lipinski definition) is 1. The van der Waals surface area contributed by atoms with Gasteiger partial charge in [0.05, 0.1) is 4.90 Å². The fourth-order valence-corrected chi connectivity index (χ4v) is 5.48. The number of aryl methyl sites for hydroxylation is 1. The number of benzene rings is 2. The largest absolute Gasteiger partial charge is 0.338 e. The highest BCUT2D eigenvalue weighted by Crippen LogP contribution is 2.24. The number of nitrogens with one attached hydrogen (secondary N) is 1. The number of nitrogens with zero attached hydrogens (tertiary/aromatic N) is 3. The summed E-state index contributed by atoms with van der Waals surface area (Å²) >= 11 is 0. The van der Waals surface area contributed by atoms with Gasteiger partial charge in [0.1, 0.15) is 11.9 Å². The molecule has 2 aliphatic rings. The van der Waals surface area contributed by atoms with E-state index in [2.05, 4.69) is 45.8 Å². The molecule has 8 heteroatoms. The molecule has 2 heterocycles. The minimum Gasteiger partial charge on any atom is -0.338 e. The van der Waals surface area contributed by atoms with E-state index in [1.807, 2.05) is 18.7 Å². The van der Waals surface area contributed by atoms with Crippen LogP contribution in [0.4, 0.5) is 0 Å². The maximum absolute atomic E-state index is 13.3. The lowest BCUT2D eigenvalue weighted by atomic mass is 10.0. The van der Waals surface area contributed by atoms with Crippen molar-refractivity contribution in [3.63, 3.8) is 0 Å². The monoisotopic (exact) mass is 454 g/mol. The zero-order valence-electron chi connectivity index (χ0n) is 18.8. The molecular weight excluding hydrogens is 424 g/mol. The first-order chi connectivity index (χ1) is 15.2. The van der Waals surface area contributed by atoms with Crippen molar-refractivity contribution in [2.45, 2.75) is 38.3 Å². The van der Waals surface area contributed by atoms with Gasteiger partial charge in [-0.05, 0) is 30.5 Å². The number of rotatable bonds is 5. The van der Waals surface area contributed by atoms with Gasteiger partial charge >= 0.3 is 0 Å². The Morgan fingerprint density at radius 3 is 2.47 bits per heavy atom. The Bertz CT molecular complexity index is 1140. The van der Waals surface area contributed by atoms with E-state index in [4.69, 9.17) is 0 Å². The van der Waals surface area contributed by atoms with Gasteiger partial charge in [0, 0.05) is 38.3 Å². The van der Waals surface area contributed by atoms with Crippen molar-refractivity contribution >= 4 is 21.8 Å². The number of amides is 1. The van der Waals surface area contributed by atoms with E-state index in [9.17, 15) is 13.2 Å². The van der Waals surface area contributed by atoms with E-state index >= 15 is 0 Å². The first-order valence-electron chi connectivity index (χ1n) is 11.0. The van der Waals surface area contributed by atoms with Crippen molar-refractivity contribution in [1.82, 2.24) is 14.5 Å². The minimum atomic E-state index is -3.63. The molecule has 170 valence electrons. The summed E-state index contributed by atoms with van der Waals surface area (Å²) in [5.41, 5.74) is 3.05. The van der Waals surface area contributed by atoms with E-state index in [0.29, 0.717) is 18.7 Å². The zero-order valence-corrected chi connectivity index (χ0v) is 19.6. The van der Waals surface area contributed by atoms with Crippen LogP contribution in [0.5, 0.6) is 0 Å². The molecule has 0 saturated carbocycles. The maximum Gasteiger partial charge on any atom is 0.263 e. The van der Waals surface area contributed by atoms with Gasteiger partial charge in [-0.2, -0.15) is 0 Å². The number of sulfonamides is 1. The summed E-state index contributed by atoms with van der Waals surface area (Å²) in [6.45, 7) is 9.73. The fraction of sp³-hybridized carbons (Fsp3) is 0.417. The van der Waals surface area contributed by atoms with Crippen LogP contribution in [0.15, 0.2) is 58.4 Å². The quantitative estimate of drug-likeness (QED) is 0.752. The van der Waals surface area contributed by atoms with Gasteiger partial charge in [-0.1, -0.05) is 55.8 Å². The highest BCUT2D eigenvalue weighted by atomic mass is 32.2. The van der Waals surface area contributed by atoms with E-state index < -0.39 is 16.1 Å². The second-order valence-corrected chi connectivity index (χ2v) is 10.5. The third kappa shape index (κ3) is 4.71. The lowest BCUT2D eigenvalue weighted by Gasteiger charge is -2.36. The number of fused-ring (bicyclic) bond motifs is 1. The average molecular weight is 455 g/mol. The molecule has 1 amide bonds. The smallest absolute Gasteiger partial charge is 0.263 e. The van der Waals surface area contributed by atoms with Gasteiger partial charge in [0.25, 0.3) is 10.0 Å². The maximum atomic E-state index is 13.3. The Labute approximate surface area is 190 Å². The third-order valence-corrected chi connectivity index (χ3v) is 7.39. The SMILES string of the molecule is Cc1cccc(CN2CCN(C(=O)[C@@H](N=C3NS(=O)(=O)c4ccccc43)C(C)C)CC2)c1. The topological polar surface area (TPSA) is 82.1 Å². The van der Waals surface area contributed by atoms with E-state index in [0.717, 1.165) is 19.6 Å². The summed E-state index contributed by atoms with van der Waals surface area (Å²) in [7, 11) is -3.63. The van der Waals surface area contributed by atoms with Crippen LogP contribution in [-0.4, -0.2) is 62.2 Å². The predicted molar refractivity (Wildman–Crippen MR) is 125 cm³/mol. The van der Waals surface area contributed by atoms with E-state index in [-0.39, 0.29) is 22.6 Å². The van der Waals surface area contributed by atoms with Gasteiger partial charge in [0.15, 0.2) is 0 Å². The molecule has 1 N–H and O–H groups in total. The molecular formula is C24H30N4O3S. The van der Waals surface area contributed by atoms with Crippen molar-refractivity contribution in [2.24, 2.45) is 10.9 Å². The van der Waals surface area contributed by atoms with Crippen LogP contribution in [0.3, 0.4) is 0 Å². The second kappa shape index (κ2) is 9.03. The molecule has 32 heavy (non-hydrogen) atoms. The Morgan fingerprint density at radius 2 is 1.78 bits per heavy atom. The molecule has 1 saturated heterocycles. The summed E-state index contributed by atoms with van der Waals surface area (Å²) in [6, 6.07) is 14.6. The molecule has 0 aliphatic carbocycles. The molecule has 2 aliphatic heterocycles. The van der Waals surface area contributed by atoms with Crippen molar-refractivity contribution in [3.05, 3.63) is 65.2 Å². The number of piperazine rings is 1. The number of carbonyl (C=O) groups excluding carboxylic acids is 1. The van der Waals surface area contributed by atoms with Crippen molar-refractivity contribution < 1.29 is 13.2 Å². The van der Waals surface area contributed by atoms with Crippen LogP contribution in [0, 0.1) is 12.8 Å².